The fourth-order valence-electron chi connectivity index (χ4n) is 3.14. The maximum Gasteiger partial charge on any atom is 0.370 e. The van der Waals surface area contributed by atoms with Crippen LogP contribution >= 0.6 is 0 Å². The molecule has 0 fully saturated rings. The third-order valence-electron chi connectivity index (χ3n) is 4.25. The number of ether oxygens (including phenoxy) is 1. The van der Waals surface area contributed by atoms with E-state index in [9.17, 15) is 4.79 Å². The van der Waals surface area contributed by atoms with Crippen LogP contribution in [0.2, 0.25) is 0 Å². The summed E-state index contributed by atoms with van der Waals surface area (Å²) in [5.74, 6) is 0.704. The van der Waals surface area contributed by atoms with Crippen LogP contribution in [0.25, 0.3) is 16.8 Å². The Balaban J connectivity index is 0.00000182. The standard InChI is InChI=1S/C19H18N3O2.BrH/c1-24-18(23)14-20-11-12-21-16-9-5-6-10-17(16)22(19(20)21)13-15-7-3-2-4-8-15;/h2-12H,13-14H2,1H3;1H/q+1;/p-1. The summed E-state index contributed by atoms with van der Waals surface area (Å²) in [7, 11) is 1.41. The fourth-order valence-corrected chi connectivity index (χ4v) is 3.14. The Morgan fingerprint density at radius 3 is 2.44 bits per heavy atom. The van der Waals surface area contributed by atoms with Crippen molar-refractivity contribution in [1.82, 2.24) is 8.97 Å². The molecule has 0 atom stereocenters. The maximum absolute atomic E-state index is 11.7. The van der Waals surface area contributed by atoms with E-state index in [1.165, 1.54) is 12.7 Å². The molecule has 0 amide bonds. The third kappa shape index (κ3) is 3.05. The van der Waals surface area contributed by atoms with E-state index in [-0.39, 0.29) is 29.5 Å². The van der Waals surface area contributed by atoms with Gasteiger partial charge in [-0.2, -0.15) is 4.40 Å². The molecule has 0 saturated heterocycles. The van der Waals surface area contributed by atoms with Crippen molar-refractivity contribution >= 4 is 22.8 Å². The van der Waals surface area contributed by atoms with Crippen molar-refractivity contribution < 1.29 is 31.1 Å². The van der Waals surface area contributed by atoms with E-state index >= 15 is 0 Å². The molecular weight excluding hydrogens is 382 g/mol. The molecule has 5 nitrogen and oxygen atoms in total. The summed E-state index contributed by atoms with van der Waals surface area (Å²) in [5, 5.41) is 0. The second-order valence-electron chi connectivity index (χ2n) is 5.73. The molecule has 6 heteroatoms. The number of esters is 1. The van der Waals surface area contributed by atoms with Gasteiger partial charge in [0.25, 0.3) is 0 Å². The number of hydrogen-bond donors (Lipinski definition) is 0. The first-order chi connectivity index (χ1) is 11.8. The zero-order valence-electron chi connectivity index (χ0n) is 13.8. The van der Waals surface area contributed by atoms with E-state index in [2.05, 4.69) is 33.2 Å². The van der Waals surface area contributed by atoms with Gasteiger partial charge in [0.2, 0.25) is 0 Å². The number of hydrogen-bond acceptors (Lipinski definition) is 2. The van der Waals surface area contributed by atoms with Crippen LogP contribution in [-0.2, 0) is 22.6 Å². The minimum Gasteiger partial charge on any atom is -1.00 e. The maximum atomic E-state index is 11.7. The van der Waals surface area contributed by atoms with Crippen LogP contribution in [0.4, 0.5) is 0 Å². The van der Waals surface area contributed by atoms with Crippen LogP contribution in [-0.4, -0.2) is 22.0 Å². The molecule has 0 aliphatic carbocycles. The SMILES string of the molecule is COC(=O)C[n+]1ccn2c3ccccc3n(Cc3ccccc3)c21.[Br-]. The number of nitrogens with zero attached hydrogens (tertiary/aromatic N) is 3. The highest BCUT2D eigenvalue weighted by Crippen LogP contribution is 2.20. The molecule has 0 aliphatic heterocycles. The van der Waals surface area contributed by atoms with E-state index in [0.29, 0.717) is 0 Å². The third-order valence-corrected chi connectivity index (χ3v) is 4.25. The van der Waals surface area contributed by atoms with Crippen LogP contribution in [0.5, 0.6) is 0 Å². The summed E-state index contributed by atoms with van der Waals surface area (Å²) in [6, 6.07) is 18.6. The predicted octanol–water partition coefficient (Wildman–Crippen LogP) is -0.593. The Bertz CT molecular complexity index is 1020. The van der Waals surface area contributed by atoms with E-state index < -0.39 is 0 Å². The molecule has 4 aromatic rings. The Morgan fingerprint density at radius 2 is 1.72 bits per heavy atom. The number of rotatable bonds is 4. The van der Waals surface area contributed by atoms with Crippen molar-refractivity contribution in [3.8, 4) is 0 Å². The molecule has 2 heterocycles. The monoisotopic (exact) mass is 399 g/mol. The highest BCUT2D eigenvalue weighted by Gasteiger charge is 2.23. The van der Waals surface area contributed by atoms with Crippen LogP contribution in [0, 0.1) is 0 Å². The molecular formula is C19H18BrN3O2. The number of carbonyl (C=O) groups is 1. The van der Waals surface area contributed by atoms with E-state index in [1.54, 1.807) is 0 Å². The normalized spacial score (nSPS) is 10.8. The quantitative estimate of drug-likeness (QED) is 0.339. The molecule has 25 heavy (non-hydrogen) atoms. The van der Waals surface area contributed by atoms with Crippen molar-refractivity contribution in [3.05, 3.63) is 72.6 Å². The van der Waals surface area contributed by atoms with Gasteiger partial charge in [-0.15, -0.1) is 0 Å². The minimum absolute atomic E-state index is 0. The van der Waals surface area contributed by atoms with Gasteiger partial charge in [-0.1, -0.05) is 42.5 Å². The van der Waals surface area contributed by atoms with Crippen LogP contribution in [0.15, 0.2) is 67.0 Å². The van der Waals surface area contributed by atoms with E-state index in [1.807, 2.05) is 47.3 Å². The molecule has 128 valence electrons. The number of para-hydroxylation sites is 2. The predicted molar refractivity (Wildman–Crippen MR) is 90.6 cm³/mol. The second kappa shape index (κ2) is 7.11. The number of methoxy groups -OCH3 is 1. The Hall–Kier alpha value is -2.60. The zero-order chi connectivity index (χ0) is 16.5. The fraction of sp³-hybridized carbons (Fsp3) is 0.158. The lowest BCUT2D eigenvalue weighted by Crippen LogP contribution is -3.00. The first-order valence-electron chi connectivity index (χ1n) is 7.86. The lowest BCUT2D eigenvalue weighted by Gasteiger charge is -2.03. The number of carbonyl (C=O) groups excluding carboxylic acids is 1. The summed E-state index contributed by atoms with van der Waals surface area (Å²) in [6.07, 6.45) is 3.91. The van der Waals surface area contributed by atoms with E-state index in [4.69, 9.17) is 4.74 Å². The van der Waals surface area contributed by atoms with Crippen molar-refractivity contribution in [2.24, 2.45) is 0 Å². The first-order valence-corrected chi connectivity index (χ1v) is 7.86. The highest BCUT2D eigenvalue weighted by molar-refractivity contribution is 5.80. The first kappa shape index (κ1) is 17.2. The molecule has 0 unspecified atom stereocenters. The number of aromatic nitrogens is 3. The van der Waals surface area contributed by atoms with Crippen molar-refractivity contribution in [2.45, 2.75) is 13.1 Å². The van der Waals surface area contributed by atoms with Crippen LogP contribution in [0.1, 0.15) is 5.56 Å². The molecule has 0 radical (unpaired) electrons. The number of benzene rings is 2. The molecule has 0 saturated carbocycles. The average Bonchev–Trinajstić information content (AvgIpc) is 3.16. The lowest BCUT2D eigenvalue weighted by molar-refractivity contribution is -0.662. The molecule has 0 bridgehead atoms. The molecule has 0 spiro atoms. The Kier molecular flexibility index (Phi) is 4.90. The Labute approximate surface area is 155 Å². The highest BCUT2D eigenvalue weighted by atomic mass is 79.9. The van der Waals surface area contributed by atoms with Gasteiger partial charge in [-0.25, -0.2) is 13.9 Å². The second-order valence-corrected chi connectivity index (χ2v) is 5.73. The van der Waals surface area contributed by atoms with Crippen LogP contribution < -0.4 is 21.5 Å². The van der Waals surface area contributed by atoms with Gasteiger partial charge < -0.3 is 21.7 Å². The summed E-state index contributed by atoms with van der Waals surface area (Å²) in [4.78, 5) is 11.7. The molecule has 0 N–H and O–H groups in total. The Morgan fingerprint density at radius 1 is 1.04 bits per heavy atom. The van der Waals surface area contributed by atoms with Crippen molar-refractivity contribution in [3.63, 3.8) is 0 Å². The van der Waals surface area contributed by atoms with Crippen LogP contribution in [0.3, 0.4) is 0 Å². The minimum atomic E-state index is -0.260. The van der Waals surface area contributed by atoms with Crippen molar-refractivity contribution in [2.75, 3.05) is 7.11 Å². The summed E-state index contributed by atoms with van der Waals surface area (Å²) < 4.78 is 11.1. The van der Waals surface area contributed by atoms with Gasteiger partial charge in [0.15, 0.2) is 6.54 Å². The average molecular weight is 400 g/mol. The van der Waals surface area contributed by atoms with Gasteiger partial charge >= 0.3 is 11.7 Å². The number of imidazole rings is 2. The van der Waals surface area contributed by atoms with Gasteiger partial charge in [0.05, 0.1) is 19.9 Å². The van der Waals surface area contributed by atoms with Gasteiger partial charge in [0.1, 0.15) is 17.2 Å². The van der Waals surface area contributed by atoms with Gasteiger partial charge in [-0.3, -0.25) is 0 Å². The topological polar surface area (TPSA) is 39.5 Å². The largest absolute Gasteiger partial charge is 1.00 e. The molecule has 0 aliphatic rings. The van der Waals surface area contributed by atoms with E-state index in [0.717, 1.165) is 23.4 Å². The number of fused-ring (bicyclic) bond motifs is 3. The molecule has 2 aromatic carbocycles. The molecule has 2 aromatic heterocycles. The smallest absolute Gasteiger partial charge is 0.370 e. The summed E-state index contributed by atoms with van der Waals surface area (Å²) in [6.45, 7) is 0.932. The summed E-state index contributed by atoms with van der Waals surface area (Å²) >= 11 is 0. The summed E-state index contributed by atoms with van der Waals surface area (Å²) in [5.41, 5.74) is 3.47. The van der Waals surface area contributed by atoms with Crippen molar-refractivity contribution in [1.29, 1.82) is 0 Å². The number of halogens is 1. The van der Waals surface area contributed by atoms with Gasteiger partial charge in [0, 0.05) is 0 Å². The molecule has 4 rings (SSSR count). The lowest BCUT2D eigenvalue weighted by atomic mass is 10.2. The van der Waals surface area contributed by atoms with Gasteiger partial charge in [-0.05, 0) is 17.7 Å². The zero-order valence-corrected chi connectivity index (χ0v) is 15.4.